The molecule has 2 nitrogen and oxygen atoms in total. The fourth-order valence-electron chi connectivity index (χ4n) is 3.21. The first-order valence-corrected chi connectivity index (χ1v) is 5.96. The van der Waals surface area contributed by atoms with Gasteiger partial charge in [-0.25, -0.2) is 0 Å². The number of nitrogens with zero attached hydrogens (tertiary/aromatic N) is 1. The van der Waals surface area contributed by atoms with Crippen molar-refractivity contribution in [2.75, 3.05) is 13.6 Å². The molecule has 0 bridgehead atoms. The van der Waals surface area contributed by atoms with Crippen LogP contribution >= 0.6 is 0 Å². The highest BCUT2D eigenvalue weighted by Gasteiger charge is 2.56. The van der Waals surface area contributed by atoms with E-state index in [1.165, 1.54) is 32.1 Å². The maximum Gasteiger partial charge on any atom is 0.0382 e. The molecule has 1 atom stereocenters. The minimum absolute atomic E-state index is 0.304. The fraction of sp³-hybridized carbons (Fsp3) is 1.00. The zero-order valence-corrected chi connectivity index (χ0v) is 9.84. The van der Waals surface area contributed by atoms with E-state index < -0.39 is 0 Å². The number of hydrogen-bond donors (Lipinski definition) is 1. The molecule has 0 aliphatic heterocycles. The van der Waals surface area contributed by atoms with Crippen molar-refractivity contribution in [1.29, 1.82) is 0 Å². The van der Waals surface area contributed by atoms with Crippen LogP contribution in [0.15, 0.2) is 0 Å². The SMILES string of the molecule is CN(C1CCC1)C1(CN)CCC1(C)C. The molecule has 0 amide bonds. The molecule has 0 radical (unpaired) electrons. The Morgan fingerprint density at radius 3 is 2.14 bits per heavy atom. The molecule has 0 aromatic carbocycles. The summed E-state index contributed by atoms with van der Waals surface area (Å²) in [4.78, 5) is 2.60. The second-order valence-electron chi connectivity index (χ2n) is 5.82. The minimum atomic E-state index is 0.304. The smallest absolute Gasteiger partial charge is 0.0382 e. The zero-order chi connectivity index (χ0) is 10.4. The summed E-state index contributed by atoms with van der Waals surface area (Å²) in [7, 11) is 2.29. The molecule has 82 valence electrons. The van der Waals surface area contributed by atoms with Gasteiger partial charge in [-0.3, -0.25) is 4.90 Å². The van der Waals surface area contributed by atoms with Crippen molar-refractivity contribution >= 4 is 0 Å². The predicted octanol–water partition coefficient (Wildman–Crippen LogP) is 1.99. The number of hydrogen-bond acceptors (Lipinski definition) is 2. The van der Waals surface area contributed by atoms with Crippen LogP contribution in [0.2, 0.25) is 0 Å². The molecule has 2 saturated carbocycles. The molecule has 0 saturated heterocycles. The Hall–Kier alpha value is -0.0800. The molecule has 2 heteroatoms. The lowest BCUT2D eigenvalue weighted by atomic mass is 9.55. The van der Waals surface area contributed by atoms with Crippen LogP contribution in [0.4, 0.5) is 0 Å². The standard InChI is InChI=1S/C12H24N2/c1-11(2)7-8-12(11,9-13)14(3)10-5-4-6-10/h10H,4-9,13H2,1-3H3. The van der Waals surface area contributed by atoms with E-state index in [1.54, 1.807) is 0 Å². The molecule has 2 aliphatic carbocycles. The van der Waals surface area contributed by atoms with Crippen molar-refractivity contribution in [2.45, 2.75) is 57.5 Å². The molecule has 14 heavy (non-hydrogen) atoms. The third-order valence-electron chi connectivity index (χ3n) is 5.06. The van der Waals surface area contributed by atoms with Crippen molar-refractivity contribution in [2.24, 2.45) is 11.1 Å². The van der Waals surface area contributed by atoms with Gasteiger partial charge in [0.05, 0.1) is 0 Å². The maximum atomic E-state index is 6.02. The van der Waals surface area contributed by atoms with E-state index in [2.05, 4.69) is 25.8 Å². The van der Waals surface area contributed by atoms with Crippen molar-refractivity contribution < 1.29 is 0 Å². The van der Waals surface area contributed by atoms with Gasteiger partial charge >= 0.3 is 0 Å². The van der Waals surface area contributed by atoms with E-state index >= 15 is 0 Å². The van der Waals surface area contributed by atoms with Gasteiger partial charge in [0.15, 0.2) is 0 Å². The largest absolute Gasteiger partial charge is 0.329 e. The highest BCUT2D eigenvalue weighted by atomic mass is 15.2. The average molecular weight is 196 g/mol. The van der Waals surface area contributed by atoms with Crippen LogP contribution < -0.4 is 5.73 Å². The number of rotatable bonds is 3. The van der Waals surface area contributed by atoms with Crippen molar-refractivity contribution in [1.82, 2.24) is 4.90 Å². The molecular weight excluding hydrogens is 172 g/mol. The number of likely N-dealkylation sites (N-methyl/N-ethyl adjacent to an activating group) is 1. The average Bonchev–Trinajstić information content (AvgIpc) is 2.01. The van der Waals surface area contributed by atoms with Crippen LogP contribution in [-0.2, 0) is 0 Å². The molecular formula is C12H24N2. The normalized spacial score (nSPS) is 36.6. The Bertz CT molecular complexity index is 216. The fourth-order valence-corrected chi connectivity index (χ4v) is 3.21. The summed E-state index contributed by atoms with van der Waals surface area (Å²) in [5.74, 6) is 0. The van der Waals surface area contributed by atoms with Gasteiger partial charge in [0.25, 0.3) is 0 Å². The summed E-state index contributed by atoms with van der Waals surface area (Å²) in [6, 6.07) is 0.818. The monoisotopic (exact) mass is 196 g/mol. The second-order valence-corrected chi connectivity index (χ2v) is 5.82. The molecule has 0 heterocycles. The highest BCUT2D eigenvalue weighted by Crippen LogP contribution is 2.53. The first kappa shape index (κ1) is 10.4. The van der Waals surface area contributed by atoms with E-state index in [4.69, 9.17) is 5.73 Å². The third-order valence-corrected chi connectivity index (χ3v) is 5.06. The number of nitrogens with two attached hydrogens (primary N) is 1. The van der Waals surface area contributed by atoms with Crippen LogP contribution in [0.3, 0.4) is 0 Å². The summed E-state index contributed by atoms with van der Waals surface area (Å²) in [6.07, 6.45) is 6.81. The summed E-state index contributed by atoms with van der Waals surface area (Å²) in [5, 5.41) is 0. The van der Waals surface area contributed by atoms with Crippen LogP contribution in [0, 0.1) is 5.41 Å². The zero-order valence-electron chi connectivity index (χ0n) is 9.84. The van der Waals surface area contributed by atoms with Gasteiger partial charge in [0, 0.05) is 18.1 Å². The lowest BCUT2D eigenvalue weighted by Crippen LogP contribution is -2.70. The van der Waals surface area contributed by atoms with Gasteiger partial charge in [0.1, 0.15) is 0 Å². The van der Waals surface area contributed by atoms with Crippen LogP contribution in [0.25, 0.3) is 0 Å². The van der Waals surface area contributed by atoms with E-state index in [0.29, 0.717) is 11.0 Å². The van der Waals surface area contributed by atoms with Crippen molar-refractivity contribution in [3.63, 3.8) is 0 Å². The van der Waals surface area contributed by atoms with Crippen molar-refractivity contribution in [3.8, 4) is 0 Å². The van der Waals surface area contributed by atoms with Gasteiger partial charge in [0.2, 0.25) is 0 Å². The Kier molecular flexibility index (Phi) is 2.39. The van der Waals surface area contributed by atoms with Crippen LogP contribution in [0.1, 0.15) is 46.0 Å². The topological polar surface area (TPSA) is 29.3 Å². The Labute approximate surface area is 87.8 Å². The molecule has 0 aromatic heterocycles. The minimum Gasteiger partial charge on any atom is -0.329 e. The lowest BCUT2D eigenvalue weighted by molar-refractivity contribution is -0.113. The van der Waals surface area contributed by atoms with Crippen LogP contribution in [-0.4, -0.2) is 30.1 Å². The molecule has 2 aliphatic rings. The van der Waals surface area contributed by atoms with E-state index in [-0.39, 0.29) is 0 Å². The van der Waals surface area contributed by atoms with Crippen molar-refractivity contribution in [3.05, 3.63) is 0 Å². The first-order valence-electron chi connectivity index (χ1n) is 5.96. The third kappa shape index (κ3) is 1.17. The van der Waals surface area contributed by atoms with E-state index in [9.17, 15) is 0 Å². The Balaban J connectivity index is 2.11. The lowest BCUT2D eigenvalue weighted by Gasteiger charge is -2.63. The molecule has 1 unspecified atom stereocenters. The summed E-state index contributed by atoms with van der Waals surface area (Å²) >= 11 is 0. The predicted molar refractivity (Wildman–Crippen MR) is 60.2 cm³/mol. The Morgan fingerprint density at radius 2 is 1.93 bits per heavy atom. The van der Waals surface area contributed by atoms with Gasteiger partial charge in [-0.1, -0.05) is 20.3 Å². The van der Waals surface area contributed by atoms with E-state index in [0.717, 1.165) is 12.6 Å². The molecule has 2 N–H and O–H groups in total. The van der Waals surface area contributed by atoms with Gasteiger partial charge in [-0.05, 0) is 38.1 Å². The van der Waals surface area contributed by atoms with E-state index in [1.807, 2.05) is 0 Å². The first-order chi connectivity index (χ1) is 6.53. The molecule has 2 rings (SSSR count). The van der Waals surface area contributed by atoms with Crippen LogP contribution in [0.5, 0.6) is 0 Å². The summed E-state index contributed by atoms with van der Waals surface area (Å²) in [5.41, 5.74) is 6.75. The van der Waals surface area contributed by atoms with Gasteiger partial charge < -0.3 is 5.73 Å². The Morgan fingerprint density at radius 1 is 1.29 bits per heavy atom. The summed E-state index contributed by atoms with van der Waals surface area (Å²) in [6.45, 7) is 5.57. The second kappa shape index (κ2) is 3.21. The molecule has 0 spiro atoms. The highest BCUT2D eigenvalue weighted by molar-refractivity contribution is 5.11. The van der Waals surface area contributed by atoms with Gasteiger partial charge in [-0.15, -0.1) is 0 Å². The molecule has 2 fully saturated rings. The molecule has 0 aromatic rings. The summed E-state index contributed by atoms with van der Waals surface area (Å²) < 4.78 is 0. The van der Waals surface area contributed by atoms with Gasteiger partial charge in [-0.2, -0.15) is 0 Å². The quantitative estimate of drug-likeness (QED) is 0.748. The maximum absolute atomic E-state index is 6.02.